The third-order valence-corrected chi connectivity index (χ3v) is 4.71. The minimum absolute atomic E-state index is 0.145. The average molecular weight is 280 g/mol. The van der Waals surface area contributed by atoms with Gasteiger partial charge in [-0.05, 0) is 17.7 Å². The van der Waals surface area contributed by atoms with Crippen LogP contribution in [0.3, 0.4) is 0 Å². The largest absolute Gasteiger partial charge is 0.387 e. The van der Waals surface area contributed by atoms with Gasteiger partial charge in [0.1, 0.15) is 0 Å². The Morgan fingerprint density at radius 2 is 2.31 bits per heavy atom. The van der Waals surface area contributed by atoms with E-state index in [0.29, 0.717) is 0 Å². The van der Waals surface area contributed by atoms with Gasteiger partial charge < -0.3 is 5.11 Å². The monoisotopic (exact) mass is 278 g/mol. The zero-order valence-electron chi connectivity index (χ0n) is 6.71. The van der Waals surface area contributed by atoms with Crippen LogP contribution in [0.5, 0.6) is 0 Å². The summed E-state index contributed by atoms with van der Waals surface area (Å²) in [5.74, 6) is 0.883. The van der Waals surface area contributed by atoms with E-state index in [1.807, 2.05) is 18.2 Å². The lowest BCUT2D eigenvalue weighted by Crippen LogP contribution is -2.19. The molecule has 70 valence electrons. The summed E-state index contributed by atoms with van der Waals surface area (Å²) >= 11 is 11.0. The Morgan fingerprint density at radius 1 is 1.54 bits per heavy atom. The molecule has 0 bridgehead atoms. The van der Waals surface area contributed by atoms with E-state index in [1.165, 1.54) is 0 Å². The molecule has 2 rings (SSSR count). The second-order valence-electron chi connectivity index (χ2n) is 2.95. The summed E-state index contributed by atoms with van der Waals surface area (Å²) in [4.78, 5) is 1.24. The second-order valence-corrected chi connectivity index (χ2v) is 5.63. The minimum atomic E-state index is -0.409. The van der Waals surface area contributed by atoms with Gasteiger partial charge in [0, 0.05) is 15.7 Å². The lowest BCUT2D eigenvalue weighted by Gasteiger charge is -2.25. The number of alkyl halides is 1. The van der Waals surface area contributed by atoms with Gasteiger partial charge in [-0.1, -0.05) is 33.6 Å². The van der Waals surface area contributed by atoms with Crippen molar-refractivity contribution in [2.75, 3.05) is 5.75 Å². The van der Waals surface area contributed by atoms with Gasteiger partial charge in [0.25, 0.3) is 0 Å². The summed E-state index contributed by atoms with van der Waals surface area (Å²) in [5, 5.41) is 10.5. The highest BCUT2D eigenvalue weighted by atomic mass is 79.9. The van der Waals surface area contributed by atoms with E-state index in [4.69, 9.17) is 11.6 Å². The molecule has 4 heteroatoms. The number of fused-ring (bicyclic) bond motifs is 1. The molecule has 1 heterocycles. The molecular weight excluding hydrogens is 272 g/mol. The molecule has 13 heavy (non-hydrogen) atoms. The van der Waals surface area contributed by atoms with Crippen LogP contribution in [0.4, 0.5) is 0 Å². The quantitative estimate of drug-likeness (QED) is 0.736. The third kappa shape index (κ3) is 1.89. The molecule has 2 atom stereocenters. The van der Waals surface area contributed by atoms with E-state index in [2.05, 4.69) is 15.9 Å². The van der Waals surface area contributed by atoms with Gasteiger partial charge in [0.15, 0.2) is 0 Å². The fourth-order valence-electron chi connectivity index (χ4n) is 1.33. The van der Waals surface area contributed by atoms with Gasteiger partial charge in [-0.15, -0.1) is 11.8 Å². The van der Waals surface area contributed by atoms with Crippen LogP contribution < -0.4 is 0 Å². The van der Waals surface area contributed by atoms with Crippen molar-refractivity contribution < 1.29 is 5.11 Å². The second kappa shape index (κ2) is 3.81. The topological polar surface area (TPSA) is 20.2 Å². The molecule has 1 aliphatic rings. The Morgan fingerprint density at radius 3 is 3.08 bits per heavy atom. The lowest BCUT2D eigenvalue weighted by atomic mass is 10.1. The summed E-state index contributed by atoms with van der Waals surface area (Å²) < 4.78 is 0. The maximum absolute atomic E-state index is 9.82. The van der Waals surface area contributed by atoms with Gasteiger partial charge >= 0.3 is 0 Å². The molecule has 1 nitrogen and oxygen atoms in total. The highest BCUT2D eigenvalue weighted by Gasteiger charge is 2.26. The van der Waals surface area contributed by atoms with Crippen LogP contribution in [0.2, 0.25) is 5.02 Å². The van der Waals surface area contributed by atoms with Crippen LogP contribution in [0.1, 0.15) is 11.7 Å². The Bertz CT molecular complexity index is 331. The molecule has 1 N–H and O–H groups in total. The zero-order chi connectivity index (χ0) is 9.42. The van der Waals surface area contributed by atoms with Gasteiger partial charge in [0.2, 0.25) is 0 Å². The van der Waals surface area contributed by atoms with Crippen LogP contribution in [0, 0.1) is 0 Å². The Kier molecular flexibility index (Phi) is 2.88. The van der Waals surface area contributed by atoms with Crippen LogP contribution in [0.25, 0.3) is 0 Å². The molecule has 1 aliphatic heterocycles. The van der Waals surface area contributed by atoms with Crippen molar-refractivity contribution in [3.8, 4) is 0 Å². The number of benzene rings is 1. The van der Waals surface area contributed by atoms with Crippen LogP contribution in [-0.2, 0) is 0 Å². The summed E-state index contributed by atoms with van der Waals surface area (Å²) in [6.45, 7) is 0. The molecule has 0 fully saturated rings. The van der Waals surface area contributed by atoms with E-state index < -0.39 is 6.10 Å². The van der Waals surface area contributed by atoms with E-state index in [-0.39, 0.29) is 4.83 Å². The summed E-state index contributed by atoms with van der Waals surface area (Å²) in [6, 6.07) is 5.61. The van der Waals surface area contributed by atoms with Crippen molar-refractivity contribution in [2.24, 2.45) is 0 Å². The number of halogens is 2. The molecule has 0 saturated heterocycles. The maximum Gasteiger partial charge on any atom is 0.0933 e. The third-order valence-electron chi connectivity index (χ3n) is 2.03. The predicted octanol–water partition coefficient (Wildman–Crippen LogP) is 3.24. The Labute approximate surface area is 94.6 Å². The minimum Gasteiger partial charge on any atom is -0.387 e. The molecule has 2 unspecified atom stereocenters. The maximum atomic E-state index is 9.82. The van der Waals surface area contributed by atoms with Gasteiger partial charge in [0.05, 0.1) is 10.9 Å². The van der Waals surface area contributed by atoms with E-state index >= 15 is 0 Å². The first-order chi connectivity index (χ1) is 6.18. The van der Waals surface area contributed by atoms with E-state index in [0.717, 1.165) is 21.2 Å². The molecule has 0 radical (unpaired) electrons. The molecule has 0 amide bonds. The number of rotatable bonds is 0. The van der Waals surface area contributed by atoms with Crippen molar-refractivity contribution in [3.05, 3.63) is 28.8 Å². The molecule has 0 aromatic heterocycles. The van der Waals surface area contributed by atoms with Gasteiger partial charge in [-0.2, -0.15) is 0 Å². The van der Waals surface area contributed by atoms with Crippen molar-refractivity contribution in [1.29, 1.82) is 0 Å². The van der Waals surface area contributed by atoms with Crippen molar-refractivity contribution in [2.45, 2.75) is 15.8 Å². The van der Waals surface area contributed by atoms with Crippen LogP contribution >= 0.6 is 39.3 Å². The molecular formula is C9H8BrClOS. The van der Waals surface area contributed by atoms with Crippen LogP contribution in [-0.4, -0.2) is 15.7 Å². The first-order valence-corrected chi connectivity index (χ1v) is 6.21. The first kappa shape index (κ1) is 9.84. The average Bonchev–Trinajstić information content (AvgIpc) is 2.12. The summed E-state index contributed by atoms with van der Waals surface area (Å²) in [7, 11) is 0. The number of aliphatic hydroxyl groups excluding tert-OH is 1. The zero-order valence-corrected chi connectivity index (χ0v) is 9.86. The Balaban J connectivity index is 2.44. The predicted molar refractivity (Wildman–Crippen MR) is 59.9 cm³/mol. The molecule has 1 aromatic rings. The molecule has 0 aliphatic carbocycles. The normalized spacial score (nSPS) is 27.0. The van der Waals surface area contributed by atoms with Crippen molar-refractivity contribution in [3.63, 3.8) is 0 Å². The fourth-order valence-corrected chi connectivity index (χ4v) is 3.34. The van der Waals surface area contributed by atoms with Crippen LogP contribution in [0.15, 0.2) is 23.1 Å². The number of aliphatic hydroxyl groups is 1. The summed E-state index contributed by atoms with van der Waals surface area (Å²) in [5.41, 5.74) is 0.975. The SMILES string of the molecule is OC1c2ccc(Cl)cc2SCC1Br. The smallest absolute Gasteiger partial charge is 0.0933 e. The highest BCUT2D eigenvalue weighted by molar-refractivity contribution is 9.09. The highest BCUT2D eigenvalue weighted by Crippen LogP contribution is 2.40. The van der Waals surface area contributed by atoms with E-state index in [1.54, 1.807) is 11.8 Å². The summed E-state index contributed by atoms with van der Waals surface area (Å²) in [6.07, 6.45) is -0.409. The first-order valence-electron chi connectivity index (χ1n) is 3.93. The van der Waals surface area contributed by atoms with Gasteiger partial charge in [-0.3, -0.25) is 0 Å². The Hall–Kier alpha value is 0.300. The molecule has 1 aromatic carbocycles. The lowest BCUT2D eigenvalue weighted by molar-refractivity contribution is 0.178. The number of hydrogen-bond acceptors (Lipinski definition) is 2. The van der Waals surface area contributed by atoms with Crippen molar-refractivity contribution >= 4 is 39.3 Å². The van der Waals surface area contributed by atoms with E-state index in [9.17, 15) is 5.11 Å². The standard InChI is InChI=1S/C9H8BrClOS/c10-7-4-13-8-3-5(11)1-2-6(8)9(7)12/h1-3,7,9,12H,4H2. The fraction of sp³-hybridized carbons (Fsp3) is 0.333. The number of thioether (sulfide) groups is 1. The number of hydrogen-bond donors (Lipinski definition) is 1. The molecule has 0 saturated carbocycles. The molecule has 0 spiro atoms. The van der Waals surface area contributed by atoms with Crippen molar-refractivity contribution in [1.82, 2.24) is 0 Å². The van der Waals surface area contributed by atoms with Gasteiger partial charge in [-0.25, -0.2) is 0 Å².